The summed E-state index contributed by atoms with van der Waals surface area (Å²) in [5, 5.41) is 0. The number of anilines is 2. The Balaban J connectivity index is 3.08. The van der Waals surface area contributed by atoms with E-state index in [2.05, 4.69) is 15.0 Å². The second-order valence-electron chi connectivity index (χ2n) is 1.91. The third kappa shape index (κ3) is 1.89. The highest BCUT2D eigenvalue weighted by Gasteiger charge is 1.95. The van der Waals surface area contributed by atoms with Crippen molar-refractivity contribution < 1.29 is 0 Å². The average Bonchev–Trinajstić information content (AvgIpc) is 1.85. The summed E-state index contributed by atoms with van der Waals surface area (Å²) in [6, 6.07) is 0. The summed E-state index contributed by atoms with van der Waals surface area (Å²) >= 11 is 0. The molecule has 4 N–H and O–H groups in total. The number of nitrogens with zero attached hydrogens (tertiary/aromatic N) is 3. The van der Waals surface area contributed by atoms with Crippen molar-refractivity contribution in [2.75, 3.05) is 11.5 Å². The van der Waals surface area contributed by atoms with Gasteiger partial charge in [-0.2, -0.15) is 15.0 Å². The molecule has 11 heavy (non-hydrogen) atoms. The van der Waals surface area contributed by atoms with Crippen molar-refractivity contribution in [2.24, 2.45) is 0 Å². The number of nitrogen functional groups attached to an aromatic ring is 2. The van der Waals surface area contributed by atoms with Gasteiger partial charge < -0.3 is 11.5 Å². The van der Waals surface area contributed by atoms with Crippen LogP contribution in [0.3, 0.4) is 0 Å². The van der Waals surface area contributed by atoms with Crippen LogP contribution in [-0.4, -0.2) is 15.0 Å². The largest absolute Gasteiger partial charge is 0.368 e. The lowest BCUT2D eigenvalue weighted by Crippen LogP contribution is -2.03. The Morgan fingerprint density at radius 3 is 2.09 bits per heavy atom. The molecule has 0 saturated heterocycles. The second-order valence-corrected chi connectivity index (χ2v) is 1.91. The summed E-state index contributed by atoms with van der Waals surface area (Å²) in [4.78, 5) is 11.2. The quantitative estimate of drug-likeness (QED) is 0.592. The van der Waals surface area contributed by atoms with Gasteiger partial charge in [0.25, 0.3) is 0 Å². The minimum atomic E-state index is 0.144. The number of aromatic nitrogens is 3. The van der Waals surface area contributed by atoms with Crippen molar-refractivity contribution in [3.05, 3.63) is 11.9 Å². The molecule has 0 aliphatic carbocycles. The zero-order valence-corrected chi connectivity index (χ0v) is 6.15. The van der Waals surface area contributed by atoms with E-state index >= 15 is 0 Å². The normalized spacial score (nSPS) is 10.6. The van der Waals surface area contributed by atoms with Crippen molar-refractivity contribution >= 4 is 18.0 Å². The standard InChI is InChI=1S/C6H9N5/c1-2-3-4-9-5(7)11-6(8)10-4/h2-3H,1H3,(H4,7,8,9,10,11). The van der Waals surface area contributed by atoms with Gasteiger partial charge in [0.05, 0.1) is 0 Å². The molecule has 0 aliphatic heterocycles. The summed E-state index contributed by atoms with van der Waals surface area (Å²) < 4.78 is 0. The third-order valence-electron chi connectivity index (χ3n) is 1.00. The predicted molar refractivity (Wildman–Crippen MR) is 43.4 cm³/mol. The Labute approximate surface area is 64.2 Å². The van der Waals surface area contributed by atoms with E-state index in [9.17, 15) is 0 Å². The van der Waals surface area contributed by atoms with Crippen LogP contribution in [0.4, 0.5) is 11.9 Å². The average molecular weight is 151 g/mol. The fraction of sp³-hybridized carbons (Fsp3) is 0.167. The minimum absolute atomic E-state index is 0.144. The van der Waals surface area contributed by atoms with Crippen LogP contribution in [-0.2, 0) is 0 Å². The highest BCUT2D eigenvalue weighted by atomic mass is 15.1. The highest BCUT2D eigenvalue weighted by Crippen LogP contribution is 1.99. The van der Waals surface area contributed by atoms with Gasteiger partial charge in [0.15, 0.2) is 5.82 Å². The zero-order chi connectivity index (χ0) is 8.27. The molecule has 5 heteroatoms. The Hall–Kier alpha value is -1.65. The molecule has 0 atom stereocenters. The molecule has 1 aromatic heterocycles. The summed E-state index contributed by atoms with van der Waals surface area (Å²) in [5.41, 5.74) is 10.6. The van der Waals surface area contributed by atoms with Gasteiger partial charge in [-0.1, -0.05) is 6.08 Å². The molecular weight excluding hydrogens is 142 g/mol. The molecule has 1 rings (SSSR count). The van der Waals surface area contributed by atoms with E-state index in [1.165, 1.54) is 0 Å². The third-order valence-corrected chi connectivity index (χ3v) is 1.00. The Kier molecular flexibility index (Phi) is 2.00. The van der Waals surface area contributed by atoms with E-state index in [0.717, 1.165) is 0 Å². The van der Waals surface area contributed by atoms with E-state index in [0.29, 0.717) is 5.82 Å². The number of hydrogen-bond acceptors (Lipinski definition) is 5. The van der Waals surface area contributed by atoms with E-state index < -0.39 is 0 Å². The first-order valence-electron chi connectivity index (χ1n) is 3.12. The van der Waals surface area contributed by atoms with Crippen molar-refractivity contribution in [1.29, 1.82) is 0 Å². The monoisotopic (exact) mass is 151 g/mol. The van der Waals surface area contributed by atoms with Gasteiger partial charge in [-0.25, -0.2) is 0 Å². The smallest absolute Gasteiger partial charge is 0.225 e. The molecule has 0 bridgehead atoms. The lowest BCUT2D eigenvalue weighted by molar-refractivity contribution is 1.06. The molecular formula is C6H9N5. The van der Waals surface area contributed by atoms with Gasteiger partial charge in [0.1, 0.15) is 0 Å². The van der Waals surface area contributed by atoms with Crippen LogP contribution in [0.25, 0.3) is 6.08 Å². The number of rotatable bonds is 1. The molecule has 0 aromatic carbocycles. The molecule has 5 nitrogen and oxygen atoms in total. The van der Waals surface area contributed by atoms with Gasteiger partial charge in [0, 0.05) is 0 Å². The fourth-order valence-electron chi connectivity index (χ4n) is 0.651. The molecule has 58 valence electrons. The topological polar surface area (TPSA) is 90.7 Å². The minimum Gasteiger partial charge on any atom is -0.368 e. The molecule has 0 amide bonds. The first-order valence-corrected chi connectivity index (χ1v) is 3.12. The molecule has 0 unspecified atom stereocenters. The van der Waals surface area contributed by atoms with Crippen LogP contribution < -0.4 is 11.5 Å². The summed E-state index contributed by atoms with van der Waals surface area (Å²) in [5.74, 6) is 0.772. The lowest BCUT2D eigenvalue weighted by Gasteiger charge is -1.95. The maximum Gasteiger partial charge on any atom is 0.225 e. The molecule has 0 spiro atoms. The molecule has 1 heterocycles. The van der Waals surface area contributed by atoms with Gasteiger partial charge in [-0.3, -0.25) is 0 Å². The summed E-state index contributed by atoms with van der Waals surface area (Å²) in [7, 11) is 0. The summed E-state index contributed by atoms with van der Waals surface area (Å²) in [6.45, 7) is 1.86. The van der Waals surface area contributed by atoms with Crippen LogP contribution in [0.1, 0.15) is 12.7 Å². The van der Waals surface area contributed by atoms with Crippen LogP contribution in [0.5, 0.6) is 0 Å². The van der Waals surface area contributed by atoms with Crippen LogP contribution >= 0.6 is 0 Å². The van der Waals surface area contributed by atoms with Crippen LogP contribution in [0.2, 0.25) is 0 Å². The number of allylic oxidation sites excluding steroid dienone is 1. The predicted octanol–water partition coefficient (Wildman–Crippen LogP) is 0.0691. The van der Waals surface area contributed by atoms with E-state index in [1.54, 1.807) is 12.2 Å². The first kappa shape index (κ1) is 7.46. The number of nitrogens with two attached hydrogens (primary N) is 2. The fourth-order valence-corrected chi connectivity index (χ4v) is 0.651. The second kappa shape index (κ2) is 2.96. The maximum absolute atomic E-state index is 5.31. The zero-order valence-electron chi connectivity index (χ0n) is 6.15. The maximum atomic E-state index is 5.31. The lowest BCUT2D eigenvalue weighted by atomic mass is 10.5. The van der Waals surface area contributed by atoms with Crippen LogP contribution in [0.15, 0.2) is 6.08 Å². The first-order chi connectivity index (χ1) is 5.22. The molecule has 0 saturated carbocycles. The highest BCUT2D eigenvalue weighted by molar-refractivity contribution is 5.43. The van der Waals surface area contributed by atoms with E-state index in [4.69, 9.17) is 11.5 Å². The number of hydrogen-bond donors (Lipinski definition) is 2. The van der Waals surface area contributed by atoms with E-state index in [1.807, 2.05) is 6.92 Å². The van der Waals surface area contributed by atoms with Crippen molar-refractivity contribution in [2.45, 2.75) is 6.92 Å². The van der Waals surface area contributed by atoms with E-state index in [-0.39, 0.29) is 11.9 Å². The molecule has 0 radical (unpaired) electrons. The van der Waals surface area contributed by atoms with Gasteiger partial charge in [-0.05, 0) is 13.0 Å². The summed E-state index contributed by atoms with van der Waals surface area (Å²) in [6.07, 6.45) is 3.50. The Morgan fingerprint density at radius 1 is 1.09 bits per heavy atom. The Morgan fingerprint density at radius 2 is 1.64 bits per heavy atom. The van der Waals surface area contributed by atoms with Crippen molar-refractivity contribution in [3.8, 4) is 0 Å². The van der Waals surface area contributed by atoms with Crippen LogP contribution in [0, 0.1) is 0 Å². The molecule has 0 fully saturated rings. The van der Waals surface area contributed by atoms with Crippen molar-refractivity contribution in [1.82, 2.24) is 15.0 Å². The van der Waals surface area contributed by atoms with Crippen molar-refractivity contribution in [3.63, 3.8) is 0 Å². The van der Waals surface area contributed by atoms with Gasteiger partial charge >= 0.3 is 0 Å². The van der Waals surface area contributed by atoms with Gasteiger partial charge in [-0.15, -0.1) is 0 Å². The van der Waals surface area contributed by atoms with Gasteiger partial charge in [0.2, 0.25) is 11.9 Å². The molecule has 0 aliphatic rings. The Bertz CT molecular complexity index is 260. The molecule has 1 aromatic rings. The SMILES string of the molecule is CC=Cc1nc(N)nc(N)n1.